The van der Waals surface area contributed by atoms with Gasteiger partial charge in [0, 0.05) is 31.6 Å². The van der Waals surface area contributed by atoms with Gasteiger partial charge < -0.3 is 20.7 Å². The van der Waals surface area contributed by atoms with Crippen LogP contribution in [0.15, 0.2) is 29.2 Å². The number of aromatic nitrogens is 1. The van der Waals surface area contributed by atoms with Gasteiger partial charge in [-0.2, -0.15) is 0 Å². The van der Waals surface area contributed by atoms with E-state index in [0.29, 0.717) is 19.4 Å². The van der Waals surface area contributed by atoms with Crippen molar-refractivity contribution in [2.45, 2.75) is 44.7 Å². The van der Waals surface area contributed by atoms with Gasteiger partial charge in [0.15, 0.2) is 0 Å². The minimum atomic E-state index is -1.20. The van der Waals surface area contributed by atoms with Crippen LogP contribution in [0.3, 0.4) is 0 Å². The average Bonchev–Trinajstić information content (AvgIpc) is 2.49. The summed E-state index contributed by atoms with van der Waals surface area (Å²) >= 11 is 0. The summed E-state index contributed by atoms with van der Waals surface area (Å²) in [4.78, 5) is 44.9. The third kappa shape index (κ3) is 7.25. The number of pyridine rings is 1. The van der Waals surface area contributed by atoms with Crippen LogP contribution in [0.2, 0.25) is 0 Å². The van der Waals surface area contributed by atoms with Crippen LogP contribution in [0.25, 0.3) is 0 Å². The third-order valence-corrected chi connectivity index (χ3v) is 3.26. The number of primary amides is 1. The van der Waals surface area contributed by atoms with Crippen molar-refractivity contribution in [3.05, 3.63) is 34.7 Å². The fourth-order valence-electron chi connectivity index (χ4n) is 2.02. The second-order valence-corrected chi connectivity index (χ2v) is 5.15. The SMILES string of the molecule is NC(=O)CCC(NC(=O)CCCCn1ccccc1=O)C(=O)O. The molecule has 0 saturated heterocycles. The summed E-state index contributed by atoms with van der Waals surface area (Å²) < 4.78 is 1.55. The Kier molecular flexibility index (Phi) is 7.52. The van der Waals surface area contributed by atoms with Crippen molar-refractivity contribution >= 4 is 17.8 Å². The highest BCUT2D eigenvalue weighted by atomic mass is 16.4. The molecule has 0 fully saturated rings. The Morgan fingerprint density at radius 3 is 2.57 bits per heavy atom. The summed E-state index contributed by atoms with van der Waals surface area (Å²) in [7, 11) is 0. The first-order valence-corrected chi connectivity index (χ1v) is 7.36. The summed E-state index contributed by atoms with van der Waals surface area (Å²) in [5.74, 6) is -2.21. The quantitative estimate of drug-likeness (QED) is 0.515. The molecule has 2 amide bonds. The lowest BCUT2D eigenvalue weighted by Crippen LogP contribution is -2.41. The van der Waals surface area contributed by atoms with Crippen LogP contribution in [-0.2, 0) is 20.9 Å². The molecule has 8 heteroatoms. The molecule has 0 aliphatic heterocycles. The Balaban J connectivity index is 2.32. The number of carbonyl (C=O) groups excluding carboxylic acids is 2. The van der Waals surface area contributed by atoms with Crippen LogP contribution in [0.4, 0.5) is 0 Å². The second kappa shape index (κ2) is 9.39. The molecule has 4 N–H and O–H groups in total. The van der Waals surface area contributed by atoms with E-state index >= 15 is 0 Å². The summed E-state index contributed by atoms with van der Waals surface area (Å²) in [6.07, 6.45) is 2.84. The zero-order chi connectivity index (χ0) is 17.2. The molecule has 0 aliphatic carbocycles. The molecule has 1 aromatic rings. The number of nitrogens with one attached hydrogen (secondary N) is 1. The molecule has 1 unspecified atom stereocenters. The summed E-state index contributed by atoms with van der Waals surface area (Å²) in [5.41, 5.74) is 4.86. The number of amides is 2. The molecule has 1 heterocycles. The van der Waals surface area contributed by atoms with E-state index in [1.54, 1.807) is 22.9 Å². The van der Waals surface area contributed by atoms with Gasteiger partial charge in [-0.25, -0.2) is 4.79 Å². The first-order chi connectivity index (χ1) is 10.9. The van der Waals surface area contributed by atoms with Crippen LogP contribution in [0.5, 0.6) is 0 Å². The highest BCUT2D eigenvalue weighted by molar-refractivity contribution is 5.84. The van der Waals surface area contributed by atoms with Crippen molar-refractivity contribution in [3.8, 4) is 0 Å². The number of hydrogen-bond acceptors (Lipinski definition) is 4. The maximum Gasteiger partial charge on any atom is 0.326 e. The molecule has 1 atom stereocenters. The Bertz CT molecular complexity index is 611. The van der Waals surface area contributed by atoms with Crippen molar-refractivity contribution in [1.29, 1.82) is 0 Å². The van der Waals surface area contributed by atoms with Gasteiger partial charge in [0.1, 0.15) is 6.04 Å². The molecule has 126 valence electrons. The number of nitrogens with two attached hydrogens (primary N) is 1. The number of carbonyl (C=O) groups is 3. The van der Waals surface area contributed by atoms with E-state index < -0.39 is 23.8 Å². The summed E-state index contributed by atoms with van der Waals surface area (Å²) in [6, 6.07) is 3.75. The Morgan fingerprint density at radius 1 is 1.22 bits per heavy atom. The second-order valence-electron chi connectivity index (χ2n) is 5.15. The molecule has 8 nitrogen and oxygen atoms in total. The van der Waals surface area contributed by atoms with Crippen LogP contribution in [-0.4, -0.2) is 33.5 Å². The van der Waals surface area contributed by atoms with Gasteiger partial charge in [0.2, 0.25) is 17.4 Å². The minimum absolute atomic E-state index is 0.0319. The molecular formula is C15H21N3O5. The lowest BCUT2D eigenvalue weighted by Gasteiger charge is -2.13. The van der Waals surface area contributed by atoms with Crippen LogP contribution >= 0.6 is 0 Å². The molecule has 23 heavy (non-hydrogen) atoms. The minimum Gasteiger partial charge on any atom is -0.480 e. The third-order valence-electron chi connectivity index (χ3n) is 3.26. The standard InChI is InChI=1S/C15H21N3O5/c16-12(19)8-7-11(15(22)23)17-13(20)5-1-3-9-18-10-4-2-6-14(18)21/h2,4,6,10-11H,1,3,5,7-9H2,(H2,16,19)(H,17,20)(H,22,23). The summed E-state index contributed by atoms with van der Waals surface area (Å²) in [6.45, 7) is 0.497. The van der Waals surface area contributed by atoms with E-state index in [-0.39, 0.29) is 24.8 Å². The number of rotatable bonds is 10. The van der Waals surface area contributed by atoms with Crippen LogP contribution in [0, 0.1) is 0 Å². The van der Waals surface area contributed by atoms with Crippen molar-refractivity contribution in [1.82, 2.24) is 9.88 Å². The van der Waals surface area contributed by atoms with E-state index in [1.807, 2.05) is 0 Å². The molecule has 0 spiro atoms. The first-order valence-electron chi connectivity index (χ1n) is 7.36. The number of carboxylic acid groups (broad SMARTS) is 1. The van der Waals surface area contributed by atoms with Crippen molar-refractivity contribution < 1.29 is 19.5 Å². The van der Waals surface area contributed by atoms with Gasteiger partial charge >= 0.3 is 5.97 Å². The number of aliphatic carboxylic acids is 1. The zero-order valence-corrected chi connectivity index (χ0v) is 12.7. The average molecular weight is 323 g/mol. The number of hydrogen-bond donors (Lipinski definition) is 3. The highest BCUT2D eigenvalue weighted by Gasteiger charge is 2.20. The van der Waals surface area contributed by atoms with Crippen LogP contribution < -0.4 is 16.6 Å². The fraction of sp³-hybridized carbons (Fsp3) is 0.467. The molecule has 0 radical (unpaired) electrons. The summed E-state index contributed by atoms with van der Waals surface area (Å²) in [5, 5.41) is 11.3. The Morgan fingerprint density at radius 2 is 1.96 bits per heavy atom. The molecule has 1 aromatic heterocycles. The number of nitrogens with zero attached hydrogens (tertiary/aromatic N) is 1. The van der Waals surface area contributed by atoms with E-state index in [4.69, 9.17) is 10.8 Å². The first kappa shape index (κ1) is 18.4. The molecule has 0 saturated carbocycles. The van der Waals surface area contributed by atoms with Crippen molar-refractivity contribution in [3.63, 3.8) is 0 Å². The highest BCUT2D eigenvalue weighted by Crippen LogP contribution is 2.02. The van der Waals surface area contributed by atoms with Crippen molar-refractivity contribution in [2.24, 2.45) is 5.73 Å². The van der Waals surface area contributed by atoms with Gasteiger partial charge in [0.25, 0.3) is 0 Å². The predicted molar refractivity (Wildman–Crippen MR) is 82.5 cm³/mol. The lowest BCUT2D eigenvalue weighted by molar-refractivity contribution is -0.142. The van der Waals surface area contributed by atoms with E-state index in [0.717, 1.165) is 0 Å². The number of unbranched alkanes of at least 4 members (excludes halogenated alkanes) is 1. The van der Waals surface area contributed by atoms with Gasteiger partial charge in [-0.3, -0.25) is 14.4 Å². The number of aryl methyl sites for hydroxylation is 1. The Hall–Kier alpha value is -2.64. The van der Waals surface area contributed by atoms with Gasteiger partial charge in [-0.05, 0) is 25.3 Å². The van der Waals surface area contributed by atoms with E-state index in [1.165, 1.54) is 6.07 Å². The molecule has 0 bridgehead atoms. The predicted octanol–water partition coefficient (Wildman–Crippen LogP) is -0.147. The maximum absolute atomic E-state index is 11.7. The molecular weight excluding hydrogens is 302 g/mol. The molecule has 0 aromatic carbocycles. The monoisotopic (exact) mass is 323 g/mol. The van der Waals surface area contributed by atoms with E-state index in [9.17, 15) is 19.2 Å². The zero-order valence-electron chi connectivity index (χ0n) is 12.7. The lowest BCUT2D eigenvalue weighted by atomic mass is 10.1. The maximum atomic E-state index is 11.7. The van der Waals surface area contributed by atoms with Gasteiger partial charge in [0.05, 0.1) is 0 Å². The smallest absolute Gasteiger partial charge is 0.326 e. The van der Waals surface area contributed by atoms with Gasteiger partial charge in [-0.1, -0.05) is 6.07 Å². The molecule has 0 aliphatic rings. The Labute approximate surface area is 133 Å². The largest absolute Gasteiger partial charge is 0.480 e. The van der Waals surface area contributed by atoms with E-state index in [2.05, 4.69) is 5.32 Å². The number of carboxylic acids is 1. The van der Waals surface area contributed by atoms with Gasteiger partial charge in [-0.15, -0.1) is 0 Å². The fourth-order valence-corrected chi connectivity index (χ4v) is 2.02. The normalized spacial score (nSPS) is 11.7. The molecule has 1 rings (SSSR count). The van der Waals surface area contributed by atoms with Crippen LogP contribution in [0.1, 0.15) is 32.1 Å². The topological polar surface area (TPSA) is 131 Å². The van der Waals surface area contributed by atoms with Crippen molar-refractivity contribution in [2.75, 3.05) is 0 Å².